The molecule has 2 aromatic rings. The van der Waals surface area contributed by atoms with Gasteiger partial charge in [-0.3, -0.25) is 19.6 Å². The number of aromatic nitrogens is 2. The largest absolute Gasteiger partial charge is 0.379 e. The van der Waals surface area contributed by atoms with E-state index in [2.05, 4.69) is 32.3 Å². The van der Waals surface area contributed by atoms with Crippen molar-refractivity contribution in [2.24, 2.45) is 0 Å². The number of benzene rings is 1. The van der Waals surface area contributed by atoms with Crippen LogP contribution >= 0.6 is 0 Å². The molecule has 1 fully saturated rings. The standard InChI is InChI=1S/C24H27F2N5O3/c1-2-3-4-7-17(8-6-11-31-12-14-34-15-13-31)28-24(33)22-20(16-27-30-22)29-23(32)21-18(25)9-5-10-19(21)26/h2-5,8-10,16H,1,6-7,11-15H2,(H,27,30)(H,28,33)(H,29,32)/b4-3-,17-8+. The summed E-state index contributed by atoms with van der Waals surface area (Å²) in [6.45, 7) is 7.62. The number of H-pyrrole nitrogens is 1. The molecule has 0 saturated carbocycles. The Balaban J connectivity index is 1.68. The molecule has 0 bridgehead atoms. The Kier molecular flexibility index (Phi) is 9.24. The fourth-order valence-electron chi connectivity index (χ4n) is 3.38. The Morgan fingerprint density at radius 2 is 1.94 bits per heavy atom. The molecule has 180 valence electrons. The summed E-state index contributed by atoms with van der Waals surface area (Å²) in [5, 5.41) is 11.5. The molecule has 3 rings (SSSR count). The second-order valence-electron chi connectivity index (χ2n) is 7.50. The first-order valence-electron chi connectivity index (χ1n) is 10.9. The summed E-state index contributed by atoms with van der Waals surface area (Å²) < 4.78 is 33.2. The molecular weight excluding hydrogens is 444 g/mol. The Morgan fingerprint density at radius 1 is 1.21 bits per heavy atom. The number of amides is 2. The zero-order valence-corrected chi connectivity index (χ0v) is 18.7. The molecule has 1 aromatic carbocycles. The molecule has 1 aliphatic rings. The minimum Gasteiger partial charge on any atom is -0.379 e. The normalized spacial score (nSPS) is 14.8. The minimum atomic E-state index is -1.03. The number of rotatable bonds is 10. The Morgan fingerprint density at radius 3 is 2.65 bits per heavy atom. The van der Waals surface area contributed by atoms with Gasteiger partial charge < -0.3 is 15.4 Å². The molecule has 0 unspecified atom stereocenters. The molecule has 0 radical (unpaired) electrons. The van der Waals surface area contributed by atoms with Crippen molar-refractivity contribution in [2.45, 2.75) is 12.8 Å². The van der Waals surface area contributed by atoms with Crippen molar-refractivity contribution in [3.63, 3.8) is 0 Å². The topological polar surface area (TPSA) is 99.3 Å². The summed E-state index contributed by atoms with van der Waals surface area (Å²) in [4.78, 5) is 27.6. The van der Waals surface area contributed by atoms with Gasteiger partial charge in [0.2, 0.25) is 0 Å². The van der Waals surface area contributed by atoms with Gasteiger partial charge in [0.25, 0.3) is 11.8 Å². The van der Waals surface area contributed by atoms with Gasteiger partial charge in [0.15, 0.2) is 0 Å². The highest BCUT2D eigenvalue weighted by atomic mass is 19.1. The Labute approximate surface area is 196 Å². The highest BCUT2D eigenvalue weighted by molar-refractivity contribution is 6.08. The maximum Gasteiger partial charge on any atom is 0.275 e. The van der Waals surface area contributed by atoms with Crippen LogP contribution in [-0.4, -0.2) is 59.8 Å². The molecule has 8 nitrogen and oxygen atoms in total. The SMILES string of the molecule is C=C/C=C\C/C(=C\CCN1CCOCC1)NC(=O)c1[nH]ncc1NC(=O)c1c(F)cccc1F. The first-order valence-corrected chi connectivity index (χ1v) is 10.9. The van der Waals surface area contributed by atoms with Crippen molar-refractivity contribution < 1.29 is 23.1 Å². The molecule has 2 heterocycles. The van der Waals surface area contributed by atoms with Crippen LogP contribution in [0.2, 0.25) is 0 Å². The van der Waals surface area contributed by atoms with Crippen LogP contribution in [0, 0.1) is 11.6 Å². The first kappa shape index (κ1) is 25.0. The van der Waals surface area contributed by atoms with Crippen LogP contribution in [0.1, 0.15) is 33.7 Å². The smallest absolute Gasteiger partial charge is 0.275 e. The molecule has 34 heavy (non-hydrogen) atoms. The van der Waals surface area contributed by atoms with Crippen LogP contribution in [0.4, 0.5) is 14.5 Å². The van der Waals surface area contributed by atoms with E-state index in [1.165, 1.54) is 6.20 Å². The van der Waals surface area contributed by atoms with Gasteiger partial charge in [-0.05, 0) is 18.6 Å². The molecule has 0 aliphatic carbocycles. The van der Waals surface area contributed by atoms with Gasteiger partial charge >= 0.3 is 0 Å². The second-order valence-corrected chi connectivity index (χ2v) is 7.50. The maximum absolute atomic E-state index is 13.9. The van der Waals surface area contributed by atoms with E-state index in [9.17, 15) is 18.4 Å². The summed E-state index contributed by atoms with van der Waals surface area (Å²) in [6, 6.07) is 3.11. The van der Waals surface area contributed by atoms with Gasteiger partial charge in [0.1, 0.15) is 22.9 Å². The van der Waals surface area contributed by atoms with Gasteiger partial charge in [-0.15, -0.1) is 0 Å². The number of nitrogens with one attached hydrogen (secondary N) is 3. The van der Waals surface area contributed by atoms with Crippen LogP contribution in [-0.2, 0) is 4.74 Å². The number of halogens is 2. The highest BCUT2D eigenvalue weighted by Gasteiger charge is 2.21. The third-order valence-corrected chi connectivity index (χ3v) is 5.13. The van der Waals surface area contributed by atoms with Crippen molar-refractivity contribution in [3.8, 4) is 0 Å². The molecule has 1 aliphatic heterocycles. The predicted octanol–water partition coefficient (Wildman–Crippen LogP) is 3.41. The molecule has 10 heteroatoms. The van der Waals surface area contributed by atoms with Crippen LogP contribution in [0.25, 0.3) is 0 Å². The van der Waals surface area contributed by atoms with Gasteiger partial charge in [0.05, 0.1) is 25.1 Å². The van der Waals surface area contributed by atoms with E-state index in [-0.39, 0.29) is 11.4 Å². The van der Waals surface area contributed by atoms with Gasteiger partial charge in [-0.25, -0.2) is 8.78 Å². The lowest BCUT2D eigenvalue weighted by molar-refractivity contribution is 0.0387. The fourth-order valence-corrected chi connectivity index (χ4v) is 3.38. The Hall–Kier alpha value is -3.63. The van der Waals surface area contributed by atoms with E-state index < -0.39 is 29.0 Å². The van der Waals surface area contributed by atoms with Crippen molar-refractivity contribution in [1.82, 2.24) is 20.4 Å². The van der Waals surface area contributed by atoms with E-state index in [1.54, 1.807) is 12.2 Å². The van der Waals surface area contributed by atoms with E-state index in [0.29, 0.717) is 25.3 Å². The maximum atomic E-state index is 13.9. The number of aromatic amines is 1. The molecular formula is C24H27F2N5O3. The van der Waals surface area contributed by atoms with Crippen LogP contribution in [0.5, 0.6) is 0 Å². The number of hydrogen-bond acceptors (Lipinski definition) is 5. The van der Waals surface area contributed by atoms with E-state index in [0.717, 1.165) is 44.3 Å². The summed E-state index contributed by atoms with van der Waals surface area (Å²) in [7, 11) is 0. The van der Waals surface area contributed by atoms with Crippen LogP contribution in [0.15, 0.2) is 61.0 Å². The molecule has 1 saturated heterocycles. The third kappa shape index (κ3) is 6.93. The number of allylic oxidation sites excluding steroid dienone is 3. The lowest BCUT2D eigenvalue weighted by atomic mass is 10.1. The zero-order valence-electron chi connectivity index (χ0n) is 18.7. The minimum absolute atomic E-state index is 0.000506. The zero-order chi connectivity index (χ0) is 24.3. The lowest BCUT2D eigenvalue weighted by Crippen LogP contribution is -2.36. The van der Waals surface area contributed by atoms with E-state index in [4.69, 9.17) is 4.74 Å². The van der Waals surface area contributed by atoms with Crippen molar-refractivity contribution in [2.75, 3.05) is 38.2 Å². The monoisotopic (exact) mass is 471 g/mol. The third-order valence-electron chi connectivity index (χ3n) is 5.13. The lowest BCUT2D eigenvalue weighted by Gasteiger charge is -2.26. The van der Waals surface area contributed by atoms with Crippen molar-refractivity contribution in [1.29, 1.82) is 0 Å². The molecule has 0 spiro atoms. The first-order chi connectivity index (χ1) is 16.5. The van der Waals surface area contributed by atoms with Gasteiger partial charge in [-0.1, -0.05) is 36.9 Å². The number of carbonyl (C=O) groups is 2. The summed E-state index contributed by atoms with van der Waals surface area (Å²) >= 11 is 0. The van der Waals surface area contributed by atoms with Gasteiger partial charge in [-0.2, -0.15) is 5.10 Å². The predicted molar refractivity (Wildman–Crippen MR) is 124 cm³/mol. The van der Waals surface area contributed by atoms with Crippen molar-refractivity contribution >= 4 is 17.5 Å². The number of anilines is 1. The molecule has 0 atom stereocenters. The van der Waals surface area contributed by atoms with Crippen LogP contribution in [0.3, 0.4) is 0 Å². The highest BCUT2D eigenvalue weighted by Crippen LogP contribution is 2.18. The summed E-state index contributed by atoms with van der Waals surface area (Å²) in [5.74, 6) is -3.59. The number of ether oxygens (including phenoxy) is 1. The quantitative estimate of drug-likeness (QED) is 0.461. The van der Waals surface area contributed by atoms with Crippen LogP contribution < -0.4 is 10.6 Å². The second kappa shape index (κ2) is 12.6. The number of hydrogen-bond donors (Lipinski definition) is 3. The number of morpholine rings is 1. The fraction of sp³-hybridized carbons (Fsp3) is 0.292. The van der Waals surface area contributed by atoms with Crippen molar-refractivity contribution in [3.05, 3.63) is 83.9 Å². The Bertz CT molecular complexity index is 1050. The average molecular weight is 472 g/mol. The average Bonchev–Trinajstić information content (AvgIpc) is 3.28. The van der Waals surface area contributed by atoms with E-state index in [1.807, 2.05) is 12.2 Å². The molecule has 1 aromatic heterocycles. The number of nitrogens with zero attached hydrogens (tertiary/aromatic N) is 2. The van der Waals surface area contributed by atoms with Gasteiger partial charge in [0, 0.05) is 31.8 Å². The number of carbonyl (C=O) groups excluding carboxylic acids is 2. The molecule has 3 N–H and O–H groups in total. The van der Waals surface area contributed by atoms with E-state index >= 15 is 0 Å². The summed E-state index contributed by atoms with van der Waals surface area (Å²) in [5.41, 5.74) is -0.131. The molecule has 2 amide bonds. The summed E-state index contributed by atoms with van der Waals surface area (Å²) in [6.07, 6.45) is 9.57.